The summed E-state index contributed by atoms with van der Waals surface area (Å²) in [4.78, 5) is 8.06. The van der Waals surface area contributed by atoms with Gasteiger partial charge in [0.1, 0.15) is 6.33 Å². The van der Waals surface area contributed by atoms with E-state index in [1.807, 2.05) is 6.92 Å². The quantitative estimate of drug-likeness (QED) is 0.559. The number of hydrazine groups is 1. The fourth-order valence-corrected chi connectivity index (χ4v) is 0.984. The highest BCUT2D eigenvalue weighted by Crippen LogP contribution is 2.14. The molecule has 4 nitrogen and oxygen atoms in total. The van der Waals surface area contributed by atoms with E-state index in [2.05, 4.69) is 39.6 Å². The third-order valence-corrected chi connectivity index (χ3v) is 1.65. The fraction of sp³-hybridized carbons (Fsp3) is 0.125. The van der Waals surface area contributed by atoms with Crippen LogP contribution in [0.3, 0.4) is 0 Å². The first-order valence-corrected chi connectivity index (χ1v) is 4.16. The zero-order chi connectivity index (χ0) is 9.68. The number of hydrogen-bond donors (Lipinski definition) is 2. The molecule has 1 rings (SSSR count). The van der Waals surface area contributed by atoms with Crippen molar-refractivity contribution in [3.8, 4) is 0 Å². The number of thiocarbonyl (C=S) groups is 1. The summed E-state index contributed by atoms with van der Waals surface area (Å²) < 4.78 is 0. The molecule has 0 aromatic carbocycles. The Labute approximate surface area is 82.1 Å². The molecule has 0 spiro atoms. The number of nitrogens with one attached hydrogen (secondary N) is 2. The van der Waals surface area contributed by atoms with Gasteiger partial charge in [0.25, 0.3) is 0 Å². The molecule has 0 saturated carbocycles. The van der Waals surface area contributed by atoms with Gasteiger partial charge in [0, 0.05) is 5.56 Å². The second-order valence-corrected chi connectivity index (χ2v) is 2.55. The van der Waals surface area contributed by atoms with Crippen molar-refractivity contribution in [2.45, 2.75) is 6.92 Å². The third kappa shape index (κ3) is 2.22. The van der Waals surface area contributed by atoms with Gasteiger partial charge < -0.3 is 0 Å². The molecule has 1 heterocycles. The molecule has 0 atom stereocenters. The van der Waals surface area contributed by atoms with Crippen LogP contribution >= 0.6 is 12.2 Å². The predicted molar refractivity (Wildman–Crippen MR) is 57.3 cm³/mol. The summed E-state index contributed by atoms with van der Waals surface area (Å²) in [5.41, 5.74) is 8.60. The summed E-state index contributed by atoms with van der Waals surface area (Å²) in [6.07, 6.45) is 3.18. The smallest absolute Gasteiger partial charge is 0.155 e. The predicted octanol–water partition coefficient (Wildman–Crippen LogP) is 1.30. The average Bonchev–Trinajstić information content (AvgIpc) is 2.15. The van der Waals surface area contributed by atoms with E-state index in [-0.39, 0.29) is 0 Å². The number of hydrogen-bond acceptors (Lipinski definition) is 4. The number of anilines is 1. The van der Waals surface area contributed by atoms with Crippen LogP contribution in [-0.4, -0.2) is 15.5 Å². The maximum Gasteiger partial charge on any atom is 0.155 e. The van der Waals surface area contributed by atoms with E-state index in [0.717, 1.165) is 11.3 Å². The van der Waals surface area contributed by atoms with Gasteiger partial charge in [-0.3, -0.25) is 10.9 Å². The summed E-state index contributed by atoms with van der Waals surface area (Å²) in [6.45, 7) is 5.57. The lowest BCUT2D eigenvalue weighted by atomic mass is 10.2. The highest BCUT2D eigenvalue weighted by molar-refractivity contribution is 7.78. The highest BCUT2D eigenvalue weighted by Gasteiger charge is 2.02. The van der Waals surface area contributed by atoms with Gasteiger partial charge in [-0.25, -0.2) is 9.97 Å². The normalized spacial score (nSPS) is 9.00. The van der Waals surface area contributed by atoms with Gasteiger partial charge in [-0.05, 0) is 6.92 Å². The Morgan fingerprint density at radius 1 is 1.54 bits per heavy atom. The van der Waals surface area contributed by atoms with E-state index in [1.54, 1.807) is 6.08 Å². The minimum absolute atomic E-state index is 0.670. The van der Waals surface area contributed by atoms with Gasteiger partial charge in [-0.15, -0.1) is 0 Å². The van der Waals surface area contributed by atoms with Gasteiger partial charge in [0.2, 0.25) is 0 Å². The topological polar surface area (TPSA) is 49.8 Å². The van der Waals surface area contributed by atoms with Crippen LogP contribution in [0.4, 0.5) is 5.82 Å². The molecule has 0 aliphatic heterocycles. The van der Waals surface area contributed by atoms with Gasteiger partial charge in [0.05, 0.1) is 11.2 Å². The van der Waals surface area contributed by atoms with Crippen LogP contribution in [-0.2, 0) is 0 Å². The molecule has 0 aliphatic carbocycles. The van der Waals surface area contributed by atoms with Gasteiger partial charge >= 0.3 is 0 Å². The molecule has 0 bridgehead atoms. The second-order valence-electron chi connectivity index (χ2n) is 2.31. The van der Waals surface area contributed by atoms with E-state index in [4.69, 9.17) is 0 Å². The standard InChI is InChI=1S/C8H10N4S/c1-3-7-6(2)9-4-10-8(7)12-11-5-13/h3-5H,1H2,2H3,(H,11,13)(H,9,10,12). The van der Waals surface area contributed by atoms with Crippen molar-refractivity contribution < 1.29 is 0 Å². The second kappa shape index (κ2) is 4.51. The molecule has 0 radical (unpaired) electrons. The van der Waals surface area contributed by atoms with Crippen LogP contribution in [0, 0.1) is 6.92 Å². The molecule has 0 aliphatic rings. The van der Waals surface area contributed by atoms with Crippen molar-refractivity contribution in [3.05, 3.63) is 24.2 Å². The summed E-state index contributed by atoms with van der Waals surface area (Å²) in [5.74, 6) is 0.670. The van der Waals surface area contributed by atoms with Crippen molar-refractivity contribution in [3.63, 3.8) is 0 Å². The Kier molecular flexibility index (Phi) is 3.33. The Morgan fingerprint density at radius 3 is 2.92 bits per heavy atom. The lowest BCUT2D eigenvalue weighted by Gasteiger charge is -2.08. The monoisotopic (exact) mass is 194 g/mol. The van der Waals surface area contributed by atoms with E-state index < -0.39 is 0 Å². The Bertz CT molecular complexity index is 324. The van der Waals surface area contributed by atoms with E-state index in [0.29, 0.717) is 5.82 Å². The molecule has 5 heteroatoms. The Morgan fingerprint density at radius 2 is 2.31 bits per heavy atom. The molecule has 2 N–H and O–H groups in total. The van der Waals surface area contributed by atoms with E-state index >= 15 is 0 Å². The van der Waals surface area contributed by atoms with Crippen LogP contribution < -0.4 is 10.9 Å². The fourth-order valence-electron chi connectivity index (χ4n) is 0.925. The molecule has 1 aromatic rings. The number of aryl methyl sites for hydroxylation is 1. The highest BCUT2D eigenvalue weighted by atomic mass is 32.1. The minimum atomic E-state index is 0.670. The molecule has 0 fully saturated rings. The SMILES string of the molecule is C=Cc1c(C)ncnc1NNC=S. The van der Waals surface area contributed by atoms with Crippen LogP contribution in [0.5, 0.6) is 0 Å². The third-order valence-electron chi connectivity index (χ3n) is 1.54. The molecule has 13 heavy (non-hydrogen) atoms. The molecule has 1 aromatic heterocycles. The minimum Gasteiger partial charge on any atom is -0.296 e. The van der Waals surface area contributed by atoms with Gasteiger partial charge in [0.15, 0.2) is 5.82 Å². The lowest BCUT2D eigenvalue weighted by Crippen LogP contribution is -2.20. The molecule has 0 unspecified atom stereocenters. The maximum absolute atomic E-state index is 4.60. The number of nitrogens with zero attached hydrogens (tertiary/aromatic N) is 2. The number of rotatable bonds is 4. The summed E-state index contributed by atoms with van der Waals surface area (Å²) in [5, 5.41) is 0. The maximum atomic E-state index is 4.60. The molecular weight excluding hydrogens is 184 g/mol. The van der Waals surface area contributed by atoms with Crippen molar-refractivity contribution in [2.24, 2.45) is 0 Å². The summed E-state index contributed by atoms with van der Waals surface area (Å²) in [6, 6.07) is 0. The van der Waals surface area contributed by atoms with E-state index in [1.165, 1.54) is 11.8 Å². The summed E-state index contributed by atoms with van der Waals surface area (Å²) in [7, 11) is 0. The molecule has 0 saturated heterocycles. The Hall–Kier alpha value is -1.49. The van der Waals surface area contributed by atoms with Crippen molar-refractivity contribution >= 4 is 29.6 Å². The van der Waals surface area contributed by atoms with Crippen molar-refractivity contribution in [2.75, 3.05) is 5.43 Å². The average molecular weight is 194 g/mol. The van der Waals surface area contributed by atoms with E-state index in [9.17, 15) is 0 Å². The molecule has 0 amide bonds. The van der Waals surface area contributed by atoms with Crippen LogP contribution in [0.2, 0.25) is 0 Å². The number of aromatic nitrogens is 2. The zero-order valence-corrected chi connectivity index (χ0v) is 8.06. The van der Waals surface area contributed by atoms with Crippen molar-refractivity contribution in [1.82, 2.24) is 15.4 Å². The van der Waals surface area contributed by atoms with Crippen LogP contribution in [0.25, 0.3) is 6.08 Å². The lowest BCUT2D eigenvalue weighted by molar-refractivity contribution is 1.05. The van der Waals surface area contributed by atoms with Crippen molar-refractivity contribution in [1.29, 1.82) is 0 Å². The summed E-state index contributed by atoms with van der Waals surface area (Å²) >= 11 is 4.60. The first-order valence-electron chi connectivity index (χ1n) is 3.68. The molecular formula is C8H10N4S. The first kappa shape index (κ1) is 9.60. The van der Waals surface area contributed by atoms with Crippen LogP contribution in [0.1, 0.15) is 11.3 Å². The first-order chi connectivity index (χ1) is 6.29. The largest absolute Gasteiger partial charge is 0.296 e. The molecule has 68 valence electrons. The van der Waals surface area contributed by atoms with Gasteiger partial charge in [-0.1, -0.05) is 24.9 Å². The van der Waals surface area contributed by atoms with Crippen LogP contribution in [0.15, 0.2) is 12.9 Å². The van der Waals surface area contributed by atoms with Gasteiger partial charge in [-0.2, -0.15) is 0 Å². The zero-order valence-electron chi connectivity index (χ0n) is 7.24. The Balaban J connectivity index is 2.97.